The highest BCUT2D eigenvalue weighted by molar-refractivity contribution is 5.83. The van der Waals surface area contributed by atoms with Gasteiger partial charge in [-0.05, 0) is 24.6 Å². The van der Waals surface area contributed by atoms with Crippen molar-refractivity contribution in [2.75, 3.05) is 12.4 Å². The third kappa shape index (κ3) is 4.45. The molecule has 78 valence electrons. The molecule has 1 aromatic heterocycles. The SMILES string of the molecule is CC.COC(=O)Nc1cc(C)ccn1. The van der Waals surface area contributed by atoms with Crippen LogP contribution in [-0.4, -0.2) is 18.2 Å². The van der Waals surface area contributed by atoms with Gasteiger partial charge in [-0.2, -0.15) is 0 Å². The number of rotatable bonds is 1. The molecule has 1 aromatic rings. The van der Waals surface area contributed by atoms with Gasteiger partial charge in [0, 0.05) is 6.20 Å². The minimum absolute atomic E-state index is 0.502. The first kappa shape index (κ1) is 12.4. The normalized spacial score (nSPS) is 8.29. The first-order valence-corrected chi connectivity index (χ1v) is 4.50. The number of carbonyl (C=O) groups is 1. The fourth-order valence-corrected chi connectivity index (χ4v) is 0.760. The van der Waals surface area contributed by atoms with E-state index in [1.807, 2.05) is 26.8 Å². The summed E-state index contributed by atoms with van der Waals surface area (Å²) in [5.74, 6) is 0.502. The zero-order chi connectivity index (χ0) is 11.0. The van der Waals surface area contributed by atoms with Crippen molar-refractivity contribution in [1.29, 1.82) is 0 Å². The van der Waals surface area contributed by atoms with E-state index in [9.17, 15) is 4.79 Å². The number of carbonyl (C=O) groups excluding carboxylic acids is 1. The van der Waals surface area contributed by atoms with Crippen LogP contribution in [0.2, 0.25) is 0 Å². The van der Waals surface area contributed by atoms with E-state index in [1.54, 1.807) is 12.3 Å². The molecule has 0 aliphatic rings. The van der Waals surface area contributed by atoms with Crippen LogP contribution in [0.4, 0.5) is 10.6 Å². The Labute approximate surface area is 84.3 Å². The summed E-state index contributed by atoms with van der Waals surface area (Å²) in [6, 6.07) is 3.61. The van der Waals surface area contributed by atoms with Gasteiger partial charge in [0.2, 0.25) is 0 Å². The van der Waals surface area contributed by atoms with Gasteiger partial charge in [0.25, 0.3) is 0 Å². The number of nitrogens with one attached hydrogen (secondary N) is 1. The molecule has 0 bridgehead atoms. The molecule has 0 atom stereocenters. The third-order valence-electron chi connectivity index (χ3n) is 1.33. The molecule has 0 unspecified atom stereocenters. The van der Waals surface area contributed by atoms with Crippen LogP contribution in [0.3, 0.4) is 0 Å². The Morgan fingerprint density at radius 2 is 2.14 bits per heavy atom. The van der Waals surface area contributed by atoms with E-state index in [1.165, 1.54) is 7.11 Å². The highest BCUT2D eigenvalue weighted by Gasteiger charge is 1.99. The Balaban J connectivity index is 0.000000791. The van der Waals surface area contributed by atoms with Crippen molar-refractivity contribution in [2.24, 2.45) is 0 Å². The van der Waals surface area contributed by atoms with E-state index < -0.39 is 6.09 Å². The largest absolute Gasteiger partial charge is 0.453 e. The van der Waals surface area contributed by atoms with Crippen LogP contribution in [0.5, 0.6) is 0 Å². The van der Waals surface area contributed by atoms with E-state index in [0.717, 1.165) is 5.56 Å². The van der Waals surface area contributed by atoms with Crippen molar-refractivity contribution < 1.29 is 9.53 Å². The number of pyridine rings is 1. The van der Waals surface area contributed by atoms with E-state index in [0.29, 0.717) is 5.82 Å². The molecule has 1 heterocycles. The van der Waals surface area contributed by atoms with Crippen LogP contribution >= 0.6 is 0 Å². The first-order valence-electron chi connectivity index (χ1n) is 4.50. The number of ether oxygens (including phenoxy) is 1. The summed E-state index contributed by atoms with van der Waals surface area (Å²) in [7, 11) is 1.31. The molecular weight excluding hydrogens is 180 g/mol. The van der Waals surface area contributed by atoms with Gasteiger partial charge in [-0.3, -0.25) is 5.32 Å². The summed E-state index contributed by atoms with van der Waals surface area (Å²) in [5.41, 5.74) is 1.04. The van der Waals surface area contributed by atoms with Crippen molar-refractivity contribution in [3.05, 3.63) is 23.9 Å². The Morgan fingerprint density at radius 1 is 1.50 bits per heavy atom. The lowest BCUT2D eigenvalue weighted by atomic mass is 10.3. The smallest absolute Gasteiger partial charge is 0.412 e. The van der Waals surface area contributed by atoms with E-state index in [4.69, 9.17) is 0 Å². The topological polar surface area (TPSA) is 51.2 Å². The quantitative estimate of drug-likeness (QED) is 0.751. The fraction of sp³-hybridized carbons (Fsp3) is 0.400. The highest BCUT2D eigenvalue weighted by Crippen LogP contribution is 2.04. The maximum Gasteiger partial charge on any atom is 0.412 e. The first-order chi connectivity index (χ1) is 6.72. The van der Waals surface area contributed by atoms with Crippen LogP contribution in [0.25, 0.3) is 0 Å². The molecular formula is C10H16N2O2. The monoisotopic (exact) mass is 196 g/mol. The molecule has 4 heteroatoms. The molecule has 0 aliphatic heterocycles. The Hall–Kier alpha value is -1.58. The summed E-state index contributed by atoms with van der Waals surface area (Å²) in [5, 5.41) is 2.46. The standard InChI is InChI=1S/C8H10N2O2.C2H6/c1-6-3-4-9-7(5-6)10-8(11)12-2;1-2/h3-5H,1-2H3,(H,9,10,11);1-2H3. The molecule has 4 nitrogen and oxygen atoms in total. The van der Waals surface area contributed by atoms with Crippen LogP contribution < -0.4 is 5.32 Å². The summed E-state index contributed by atoms with van der Waals surface area (Å²) < 4.78 is 4.40. The van der Waals surface area contributed by atoms with Crippen molar-refractivity contribution in [3.8, 4) is 0 Å². The average Bonchev–Trinajstić information content (AvgIpc) is 2.21. The Morgan fingerprint density at radius 3 is 2.64 bits per heavy atom. The van der Waals surface area contributed by atoms with Gasteiger partial charge in [-0.1, -0.05) is 13.8 Å². The molecule has 0 aromatic carbocycles. The van der Waals surface area contributed by atoms with E-state index >= 15 is 0 Å². The number of methoxy groups -OCH3 is 1. The minimum Gasteiger partial charge on any atom is -0.453 e. The van der Waals surface area contributed by atoms with Gasteiger partial charge in [0.15, 0.2) is 0 Å². The number of aryl methyl sites for hydroxylation is 1. The number of amides is 1. The minimum atomic E-state index is -0.506. The fourth-order valence-electron chi connectivity index (χ4n) is 0.760. The zero-order valence-corrected chi connectivity index (χ0v) is 9.00. The van der Waals surface area contributed by atoms with E-state index in [-0.39, 0.29) is 0 Å². The number of anilines is 1. The summed E-state index contributed by atoms with van der Waals surface area (Å²) in [6.45, 7) is 5.92. The van der Waals surface area contributed by atoms with Gasteiger partial charge in [0.05, 0.1) is 7.11 Å². The highest BCUT2D eigenvalue weighted by atomic mass is 16.5. The second-order valence-corrected chi connectivity index (χ2v) is 2.34. The van der Waals surface area contributed by atoms with Gasteiger partial charge in [-0.15, -0.1) is 0 Å². The van der Waals surface area contributed by atoms with Gasteiger partial charge >= 0.3 is 6.09 Å². The van der Waals surface area contributed by atoms with Crippen LogP contribution in [-0.2, 0) is 4.74 Å². The molecule has 0 radical (unpaired) electrons. The molecule has 0 saturated heterocycles. The predicted molar refractivity (Wildman–Crippen MR) is 56.3 cm³/mol. The Kier molecular flexibility index (Phi) is 6.11. The number of nitrogens with zero attached hydrogens (tertiary/aromatic N) is 1. The van der Waals surface area contributed by atoms with Crippen molar-refractivity contribution in [2.45, 2.75) is 20.8 Å². The molecule has 1 amide bonds. The molecule has 0 saturated carbocycles. The number of aromatic nitrogens is 1. The van der Waals surface area contributed by atoms with Crippen molar-refractivity contribution >= 4 is 11.9 Å². The molecule has 14 heavy (non-hydrogen) atoms. The number of hydrogen-bond acceptors (Lipinski definition) is 3. The molecule has 1 rings (SSSR count). The lowest BCUT2D eigenvalue weighted by Crippen LogP contribution is -2.11. The second kappa shape index (κ2) is 6.88. The lowest BCUT2D eigenvalue weighted by molar-refractivity contribution is 0.187. The molecule has 0 spiro atoms. The lowest BCUT2D eigenvalue weighted by Gasteiger charge is -2.01. The van der Waals surface area contributed by atoms with Crippen LogP contribution in [0.15, 0.2) is 18.3 Å². The Bertz CT molecular complexity index is 287. The van der Waals surface area contributed by atoms with Gasteiger partial charge in [-0.25, -0.2) is 9.78 Å². The molecule has 0 aliphatic carbocycles. The summed E-state index contributed by atoms with van der Waals surface area (Å²) in [4.78, 5) is 14.6. The molecule has 1 N–H and O–H groups in total. The van der Waals surface area contributed by atoms with Crippen molar-refractivity contribution in [1.82, 2.24) is 4.98 Å². The maximum absolute atomic E-state index is 10.7. The molecule has 0 fully saturated rings. The summed E-state index contributed by atoms with van der Waals surface area (Å²) >= 11 is 0. The average molecular weight is 196 g/mol. The third-order valence-corrected chi connectivity index (χ3v) is 1.33. The van der Waals surface area contributed by atoms with Gasteiger partial charge in [0.1, 0.15) is 5.82 Å². The van der Waals surface area contributed by atoms with Crippen LogP contribution in [0, 0.1) is 6.92 Å². The zero-order valence-electron chi connectivity index (χ0n) is 9.00. The van der Waals surface area contributed by atoms with E-state index in [2.05, 4.69) is 15.0 Å². The predicted octanol–water partition coefficient (Wildman–Crippen LogP) is 2.59. The van der Waals surface area contributed by atoms with Gasteiger partial charge < -0.3 is 4.74 Å². The van der Waals surface area contributed by atoms with Crippen molar-refractivity contribution in [3.63, 3.8) is 0 Å². The second-order valence-electron chi connectivity index (χ2n) is 2.34. The number of hydrogen-bond donors (Lipinski definition) is 1. The van der Waals surface area contributed by atoms with Crippen LogP contribution in [0.1, 0.15) is 19.4 Å². The maximum atomic E-state index is 10.7. The summed E-state index contributed by atoms with van der Waals surface area (Å²) in [6.07, 6.45) is 1.12.